The van der Waals surface area contributed by atoms with Crippen LogP contribution in [0.25, 0.3) is 0 Å². The number of sulfonamides is 1. The molecule has 0 radical (unpaired) electrons. The number of halogens is 3. The summed E-state index contributed by atoms with van der Waals surface area (Å²) in [5.74, 6) is -1.24. The molecular formula is C22H24F3N3O4S. The van der Waals surface area contributed by atoms with Crippen LogP contribution in [-0.2, 0) is 33.8 Å². The van der Waals surface area contributed by atoms with E-state index < -0.39 is 39.7 Å². The molecule has 0 spiro atoms. The van der Waals surface area contributed by atoms with Crippen molar-refractivity contribution < 1.29 is 31.5 Å². The zero-order valence-electron chi connectivity index (χ0n) is 18.1. The number of pyridine rings is 1. The van der Waals surface area contributed by atoms with E-state index >= 15 is 0 Å². The number of carboxylic acids is 1. The SMILES string of the molecule is C[C@@H]1CN(S(=O)(=O)c2cccc3c2CC(C(=O)O)C3)[C@@H](C)CN1c1ccc(C(F)(F)F)cn1. The predicted octanol–water partition coefficient (Wildman–Crippen LogP) is 3.19. The Morgan fingerprint density at radius 3 is 2.42 bits per heavy atom. The summed E-state index contributed by atoms with van der Waals surface area (Å²) in [6.45, 7) is 3.91. The second-order valence-electron chi connectivity index (χ2n) is 8.67. The number of hydrogen-bond acceptors (Lipinski definition) is 5. The number of alkyl halides is 3. The molecule has 11 heteroatoms. The molecule has 1 saturated heterocycles. The van der Waals surface area contributed by atoms with Gasteiger partial charge in [0, 0.05) is 31.4 Å². The minimum Gasteiger partial charge on any atom is -0.481 e. The third kappa shape index (κ3) is 4.31. The van der Waals surface area contributed by atoms with Crippen LogP contribution in [0, 0.1) is 5.92 Å². The van der Waals surface area contributed by atoms with Crippen molar-refractivity contribution in [2.75, 3.05) is 18.0 Å². The summed E-state index contributed by atoms with van der Waals surface area (Å²) in [6.07, 6.45) is -3.23. The monoisotopic (exact) mass is 483 g/mol. The third-order valence-corrected chi connectivity index (χ3v) is 8.45. The molecule has 0 bridgehead atoms. The van der Waals surface area contributed by atoms with Gasteiger partial charge in [-0.1, -0.05) is 12.1 Å². The standard InChI is InChI=1S/C22H24F3N3O4S/c1-13-12-28(14(2)11-27(13)20-7-6-17(10-26-20)22(23,24)25)33(31,32)19-5-3-4-15-8-16(21(29)30)9-18(15)19/h3-7,10,13-14,16H,8-9,11-12H2,1-2H3,(H,29,30)/t13-,14+,16?/m1/s1. The van der Waals surface area contributed by atoms with Gasteiger partial charge in [0.15, 0.2) is 0 Å². The number of carbonyl (C=O) groups is 1. The van der Waals surface area contributed by atoms with Crippen molar-refractivity contribution in [1.82, 2.24) is 9.29 Å². The van der Waals surface area contributed by atoms with Crippen LogP contribution < -0.4 is 4.90 Å². The molecule has 3 atom stereocenters. The number of hydrogen-bond donors (Lipinski definition) is 1. The second-order valence-corrected chi connectivity index (χ2v) is 10.5. The van der Waals surface area contributed by atoms with Crippen molar-refractivity contribution in [2.45, 2.75) is 49.8 Å². The van der Waals surface area contributed by atoms with Gasteiger partial charge in [-0.05, 0) is 56.0 Å². The van der Waals surface area contributed by atoms with E-state index in [1.165, 1.54) is 16.4 Å². The Morgan fingerprint density at radius 2 is 1.82 bits per heavy atom. The van der Waals surface area contributed by atoms with E-state index in [0.717, 1.165) is 17.8 Å². The molecule has 178 valence electrons. The maximum Gasteiger partial charge on any atom is 0.417 e. The number of nitrogens with zero attached hydrogens (tertiary/aromatic N) is 3. The third-order valence-electron chi connectivity index (χ3n) is 6.38. The molecule has 33 heavy (non-hydrogen) atoms. The van der Waals surface area contributed by atoms with Gasteiger partial charge in [0.2, 0.25) is 10.0 Å². The summed E-state index contributed by atoms with van der Waals surface area (Å²) in [7, 11) is -3.91. The lowest BCUT2D eigenvalue weighted by Crippen LogP contribution is -2.58. The lowest BCUT2D eigenvalue weighted by Gasteiger charge is -2.44. The molecule has 0 saturated carbocycles. The number of aromatic nitrogens is 1. The Balaban J connectivity index is 1.58. The van der Waals surface area contributed by atoms with Crippen molar-refractivity contribution in [2.24, 2.45) is 5.92 Å². The lowest BCUT2D eigenvalue weighted by molar-refractivity contribution is -0.141. The van der Waals surface area contributed by atoms with Crippen molar-refractivity contribution in [3.8, 4) is 0 Å². The first-order valence-corrected chi connectivity index (χ1v) is 12.0. The molecule has 1 aromatic carbocycles. The zero-order chi connectivity index (χ0) is 24.1. The predicted molar refractivity (Wildman–Crippen MR) is 114 cm³/mol. The summed E-state index contributed by atoms with van der Waals surface area (Å²) < 4.78 is 67.1. The Kier molecular flexibility index (Phi) is 5.90. The number of carboxylic acid groups (broad SMARTS) is 1. The molecule has 1 aliphatic heterocycles. The van der Waals surface area contributed by atoms with Gasteiger partial charge >= 0.3 is 12.1 Å². The number of piperazine rings is 1. The summed E-state index contributed by atoms with van der Waals surface area (Å²) in [4.78, 5) is 17.3. The second kappa shape index (κ2) is 8.28. The fourth-order valence-electron chi connectivity index (χ4n) is 4.63. The average Bonchev–Trinajstić information content (AvgIpc) is 3.19. The van der Waals surface area contributed by atoms with Gasteiger partial charge < -0.3 is 10.0 Å². The van der Waals surface area contributed by atoms with E-state index in [4.69, 9.17) is 0 Å². The summed E-state index contributed by atoms with van der Waals surface area (Å²) in [5, 5.41) is 9.37. The first-order valence-electron chi connectivity index (χ1n) is 10.5. The van der Waals surface area contributed by atoms with Gasteiger partial charge in [0.25, 0.3) is 0 Å². The number of rotatable bonds is 4. The Hall–Kier alpha value is -2.66. The normalized spacial score (nSPS) is 24.0. The summed E-state index contributed by atoms with van der Waals surface area (Å²) >= 11 is 0. The van der Waals surface area contributed by atoms with Gasteiger partial charge in [-0.3, -0.25) is 4.79 Å². The fraction of sp³-hybridized carbons (Fsp3) is 0.455. The van der Waals surface area contributed by atoms with Gasteiger partial charge in [-0.25, -0.2) is 13.4 Å². The highest BCUT2D eigenvalue weighted by Gasteiger charge is 2.40. The van der Waals surface area contributed by atoms with E-state index in [9.17, 15) is 31.5 Å². The van der Waals surface area contributed by atoms with E-state index in [1.54, 1.807) is 30.9 Å². The maximum absolute atomic E-state index is 13.6. The lowest BCUT2D eigenvalue weighted by atomic mass is 10.1. The van der Waals surface area contributed by atoms with Crippen molar-refractivity contribution in [1.29, 1.82) is 0 Å². The molecule has 1 aliphatic carbocycles. The van der Waals surface area contributed by atoms with Gasteiger partial charge in [0.1, 0.15) is 5.82 Å². The van der Waals surface area contributed by atoms with E-state index in [2.05, 4.69) is 4.98 Å². The first-order chi connectivity index (χ1) is 15.4. The summed E-state index contributed by atoms with van der Waals surface area (Å²) in [6, 6.07) is 6.37. The van der Waals surface area contributed by atoms with Crippen molar-refractivity contribution >= 4 is 21.8 Å². The minimum atomic E-state index is -4.48. The molecule has 4 rings (SSSR count). The molecule has 2 heterocycles. The van der Waals surface area contributed by atoms with Gasteiger partial charge in [-0.2, -0.15) is 17.5 Å². The van der Waals surface area contributed by atoms with Crippen molar-refractivity contribution in [3.05, 3.63) is 53.2 Å². The molecule has 1 N–H and O–H groups in total. The van der Waals surface area contributed by atoms with Gasteiger partial charge in [-0.15, -0.1) is 0 Å². The highest BCUT2D eigenvalue weighted by molar-refractivity contribution is 7.89. The molecule has 1 aromatic heterocycles. The Morgan fingerprint density at radius 1 is 1.09 bits per heavy atom. The van der Waals surface area contributed by atoms with Crippen LogP contribution >= 0.6 is 0 Å². The molecule has 0 amide bonds. The van der Waals surface area contributed by atoms with Crippen LogP contribution in [0.1, 0.15) is 30.5 Å². The number of anilines is 1. The molecule has 1 unspecified atom stereocenters. The molecule has 1 fully saturated rings. The van der Waals surface area contributed by atoms with Crippen molar-refractivity contribution in [3.63, 3.8) is 0 Å². The largest absolute Gasteiger partial charge is 0.481 e. The Bertz CT molecular complexity index is 1170. The van der Waals surface area contributed by atoms with Crippen LogP contribution in [0.15, 0.2) is 41.4 Å². The zero-order valence-corrected chi connectivity index (χ0v) is 18.9. The van der Waals surface area contributed by atoms with Gasteiger partial charge in [0.05, 0.1) is 16.4 Å². The molecule has 2 aliphatic rings. The number of fused-ring (bicyclic) bond motifs is 1. The van der Waals surface area contributed by atoms with Crippen LogP contribution in [0.3, 0.4) is 0 Å². The maximum atomic E-state index is 13.6. The van der Waals surface area contributed by atoms with Crippen LogP contribution in [0.2, 0.25) is 0 Å². The van der Waals surface area contributed by atoms with E-state index in [0.29, 0.717) is 17.8 Å². The number of aliphatic carboxylic acids is 1. The fourth-order valence-corrected chi connectivity index (χ4v) is 6.61. The van der Waals surface area contributed by atoms with Crippen LogP contribution in [0.5, 0.6) is 0 Å². The van der Waals surface area contributed by atoms with Crippen LogP contribution in [0.4, 0.5) is 19.0 Å². The topological polar surface area (TPSA) is 90.8 Å². The average molecular weight is 484 g/mol. The molecule has 7 nitrogen and oxygen atoms in total. The highest BCUT2D eigenvalue weighted by Crippen LogP contribution is 2.35. The smallest absolute Gasteiger partial charge is 0.417 e. The number of benzene rings is 1. The quantitative estimate of drug-likeness (QED) is 0.719. The Labute approximate surface area is 189 Å². The molecular weight excluding hydrogens is 459 g/mol. The minimum absolute atomic E-state index is 0.123. The first kappa shape index (κ1) is 23.5. The molecule has 2 aromatic rings. The van der Waals surface area contributed by atoms with E-state index in [1.807, 2.05) is 0 Å². The van der Waals surface area contributed by atoms with Crippen LogP contribution in [-0.4, -0.2) is 54.0 Å². The van der Waals surface area contributed by atoms with E-state index in [-0.39, 0.29) is 30.4 Å². The summed E-state index contributed by atoms with van der Waals surface area (Å²) in [5.41, 5.74) is 0.444. The highest BCUT2D eigenvalue weighted by atomic mass is 32.2.